The van der Waals surface area contributed by atoms with E-state index in [2.05, 4.69) is 0 Å². The molecule has 0 amide bonds. The van der Waals surface area contributed by atoms with Gasteiger partial charge in [-0.15, -0.1) is 0 Å². The van der Waals surface area contributed by atoms with Gasteiger partial charge in [-0.2, -0.15) is 0 Å². The van der Waals surface area contributed by atoms with Gasteiger partial charge in [-0.25, -0.2) is 8.78 Å². The molecule has 0 aromatic heterocycles. The zero-order valence-electron chi connectivity index (χ0n) is 10.8. The van der Waals surface area contributed by atoms with Gasteiger partial charge in [-0.1, -0.05) is 6.07 Å². The number of rotatable bonds is 8. The van der Waals surface area contributed by atoms with Gasteiger partial charge in [-0.05, 0) is 50.4 Å². The molecular weight excluding hydrogens is 254 g/mol. The quantitative estimate of drug-likeness (QED) is 0.675. The lowest BCUT2D eigenvalue weighted by Crippen LogP contribution is -2.22. The van der Waals surface area contributed by atoms with Crippen molar-refractivity contribution in [3.05, 3.63) is 35.4 Å². The van der Waals surface area contributed by atoms with Crippen LogP contribution < -0.4 is 0 Å². The standard InChI is InChI=1S/C13H19F2O2Si/c1-3-16-18(17-4-2)9-5-6-11-7-8-12(14)13(15)10-11/h7-8,10H,3-6,9H2,1-2H3. The Morgan fingerprint density at radius 1 is 1.06 bits per heavy atom. The van der Waals surface area contributed by atoms with Crippen LogP contribution >= 0.6 is 0 Å². The summed E-state index contributed by atoms with van der Waals surface area (Å²) in [7, 11) is -1.20. The Balaban J connectivity index is 2.37. The Morgan fingerprint density at radius 2 is 1.72 bits per heavy atom. The minimum atomic E-state index is -1.20. The molecule has 1 aromatic rings. The van der Waals surface area contributed by atoms with Gasteiger partial charge in [0.1, 0.15) is 0 Å². The molecular formula is C13H19F2O2Si. The zero-order valence-corrected chi connectivity index (χ0v) is 11.8. The largest absolute Gasteiger partial charge is 0.394 e. The summed E-state index contributed by atoms with van der Waals surface area (Å²) in [5.41, 5.74) is 0.809. The minimum absolute atomic E-state index is 0.652. The van der Waals surface area contributed by atoms with Gasteiger partial charge in [0.2, 0.25) is 0 Å². The van der Waals surface area contributed by atoms with Gasteiger partial charge in [0.25, 0.3) is 0 Å². The molecule has 0 fully saturated rings. The number of halogens is 2. The molecule has 0 aliphatic rings. The molecule has 0 N–H and O–H groups in total. The van der Waals surface area contributed by atoms with Crippen molar-refractivity contribution in [2.45, 2.75) is 32.7 Å². The smallest absolute Gasteiger partial charge is 0.384 e. The third kappa shape index (κ3) is 5.24. The van der Waals surface area contributed by atoms with Gasteiger partial charge >= 0.3 is 9.28 Å². The van der Waals surface area contributed by atoms with E-state index in [1.807, 2.05) is 13.8 Å². The first-order valence-corrected chi connectivity index (χ1v) is 7.75. The summed E-state index contributed by atoms with van der Waals surface area (Å²) in [6.45, 7) is 5.19. The first-order valence-electron chi connectivity index (χ1n) is 6.22. The molecule has 0 saturated carbocycles. The van der Waals surface area contributed by atoms with E-state index in [4.69, 9.17) is 8.85 Å². The second-order valence-corrected chi connectivity index (χ2v) is 5.66. The predicted octanol–water partition coefficient (Wildman–Crippen LogP) is 3.46. The Hall–Kier alpha value is -0.783. The molecule has 0 unspecified atom stereocenters. The van der Waals surface area contributed by atoms with Crippen molar-refractivity contribution in [2.24, 2.45) is 0 Å². The van der Waals surface area contributed by atoms with Crippen LogP contribution in [0.5, 0.6) is 0 Å². The van der Waals surface area contributed by atoms with Gasteiger partial charge in [0, 0.05) is 13.2 Å². The first-order chi connectivity index (χ1) is 8.67. The fourth-order valence-corrected chi connectivity index (χ4v) is 3.12. The van der Waals surface area contributed by atoms with Gasteiger partial charge < -0.3 is 8.85 Å². The molecule has 101 valence electrons. The van der Waals surface area contributed by atoms with Crippen molar-refractivity contribution < 1.29 is 17.6 Å². The van der Waals surface area contributed by atoms with Gasteiger partial charge in [0.15, 0.2) is 11.6 Å². The third-order valence-corrected chi connectivity index (χ3v) is 4.42. The average Bonchev–Trinajstić information content (AvgIpc) is 2.34. The lowest BCUT2D eigenvalue weighted by molar-refractivity contribution is 0.213. The topological polar surface area (TPSA) is 18.5 Å². The van der Waals surface area contributed by atoms with E-state index in [0.29, 0.717) is 19.6 Å². The summed E-state index contributed by atoms with van der Waals surface area (Å²) < 4.78 is 36.7. The second-order valence-electron chi connectivity index (χ2n) is 3.84. The van der Waals surface area contributed by atoms with Crippen LogP contribution in [0.4, 0.5) is 8.78 Å². The molecule has 1 aromatic carbocycles. The highest BCUT2D eigenvalue weighted by Gasteiger charge is 2.14. The summed E-state index contributed by atoms with van der Waals surface area (Å²) in [4.78, 5) is 0. The molecule has 0 aliphatic carbocycles. The number of benzene rings is 1. The second kappa shape index (κ2) is 8.34. The fraction of sp³-hybridized carbons (Fsp3) is 0.538. The van der Waals surface area contributed by atoms with Crippen molar-refractivity contribution in [3.63, 3.8) is 0 Å². The number of aryl methyl sites for hydroxylation is 1. The maximum atomic E-state index is 13.0. The Bertz CT molecular complexity index is 355. The van der Waals surface area contributed by atoms with Crippen molar-refractivity contribution in [1.82, 2.24) is 0 Å². The Morgan fingerprint density at radius 3 is 2.28 bits per heavy atom. The highest BCUT2D eigenvalue weighted by Crippen LogP contribution is 2.12. The molecule has 0 heterocycles. The molecule has 1 rings (SSSR count). The monoisotopic (exact) mass is 273 g/mol. The summed E-state index contributed by atoms with van der Waals surface area (Å²) >= 11 is 0. The molecule has 0 spiro atoms. The maximum Gasteiger partial charge on any atom is 0.384 e. The summed E-state index contributed by atoms with van der Waals surface area (Å²) in [5.74, 6) is -1.58. The molecule has 0 aliphatic heterocycles. The summed E-state index contributed by atoms with van der Waals surface area (Å²) in [5, 5.41) is 0. The van der Waals surface area contributed by atoms with Crippen LogP contribution in [0, 0.1) is 11.6 Å². The number of hydrogen-bond donors (Lipinski definition) is 0. The van der Waals surface area contributed by atoms with E-state index in [-0.39, 0.29) is 0 Å². The van der Waals surface area contributed by atoms with E-state index >= 15 is 0 Å². The molecule has 0 saturated heterocycles. The van der Waals surface area contributed by atoms with E-state index in [1.165, 1.54) is 12.1 Å². The van der Waals surface area contributed by atoms with E-state index in [9.17, 15) is 8.78 Å². The van der Waals surface area contributed by atoms with E-state index in [1.54, 1.807) is 6.07 Å². The molecule has 2 nitrogen and oxygen atoms in total. The summed E-state index contributed by atoms with van der Waals surface area (Å²) in [6, 6.07) is 4.89. The predicted molar refractivity (Wildman–Crippen MR) is 68.5 cm³/mol. The van der Waals surface area contributed by atoms with E-state index in [0.717, 1.165) is 18.0 Å². The van der Waals surface area contributed by atoms with Crippen LogP contribution in [-0.2, 0) is 15.3 Å². The number of hydrogen-bond acceptors (Lipinski definition) is 2. The van der Waals surface area contributed by atoms with Crippen LogP contribution in [0.3, 0.4) is 0 Å². The molecule has 1 radical (unpaired) electrons. The Kier molecular flexibility index (Phi) is 7.08. The van der Waals surface area contributed by atoms with Gasteiger partial charge in [-0.3, -0.25) is 0 Å². The lowest BCUT2D eigenvalue weighted by Gasteiger charge is -2.12. The van der Waals surface area contributed by atoms with Crippen molar-refractivity contribution in [3.8, 4) is 0 Å². The third-order valence-electron chi connectivity index (χ3n) is 2.44. The molecule has 18 heavy (non-hydrogen) atoms. The van der Waals surface area contributed by atoms with Crippen LogP contribution in [0.1, 0.15) is 25.8 Å². The normalized spacial score (nSPS) is 11.2. The lowest BCUT2D eigenvalue weighted by atomic mass is 10.1. The fourth-order valence-electron chi connectivity index (χ4n) is 1.64. The molecule has 5 heteroatoms. The van der Waals surface area contributed by atoms with Crippen molar-refractivity contribution in [1.29, 1.82) is 0 Å². The van der Waals surface area contributed by atoms with Gasteiger partial charge in [0.05, 0.1) is 0 Å². The molecule has 0 bridgehead atoms. The van der Waals surface area contributed by atoms with Crippen molar-refractivity contribution >= 4 is 9.28 Å². The molecule has 0 atom stereocenters. The van der Waals surface area contributed by atoms with Crippen LogP contribution in [0.15, 0.2) is 18.2 Å². The average molecular weight is 273 g/mol. The minimum Gasteiger partial charge on any atom is -0.394 e. The van der Waals surface area contributed by atoms with Crippen LogP contribution in [-0.4, -0.2) is 22.5 Å². The maximum absolute atomic E-state index is 13.0. The van der Waals surface area contributed by atoms with Crippen LogP contribution in [0.25, 0.3) is 0 Å². The van der Waals surface area contributed by atoms with Crippen molar-refractivity contribution in [2.75, 3.05) is 13.2 Å². The summed E-state index contributed by atoms with van der Waals surface area (Å²) in [6.07, 6.45) is 1.57. The highest BCUT2D eigenvalue weighted by molar-refractivity contribution is 6.44. The zero-order chi connectivity index (χ0) is 13.4. The first kappa shape index (κ1) is 15.3. The van der Waals surface area contributed by atoms with E-state index < -0.39 is 20.9 Å². The SMILES string of the molecule is CCO[Si](CCCc1ccc(F)c(F)c1)OCC. The van der Waals surface area contributed by atoms with Crippen LogP contribution in [0.2, 0.25) is 6.04 Å². The Labute approximate surface area is 109 Å². The highest BCUT2D eigenvalue weighted by atomic mass is 28.3.